The molecule has 0 aromatic heterocycles. The Bertz CT molecular complexity index is 488. The van der Waals surface area contributed by atoms with Gasteiger partial charge in [-0.3, -0.25) is 10.1 Å². The first-order valence-corrected chi connectivity index (χ1v) is 8.17. The molecule has 0 heterocycles. The highest BCUT2D eigenvalue weighted by atomic mass is 79.9. The van der Waals surface area contributed by atoms with Crippen molar-refractivity contribution in [1.82, 2.24) is 5.32 Å². The highest BCUT2D eigenvalue weighted by molar-refractivity contribution is 9.10. The molecule has 0 bridgehead atoms. The smallest absolute Gasteiger partial charge is 0.270 e. The molecule has 6 heteroatoms. The van der Waals surface area contributed by atoms with Gasteiger partial charge in [-0.1, -0.05) is 22.9 Å². The van der Waals surface area contributed by atoms with Crippen molar-refractivity contribution in [3.63, 3.8) is 0 Å². The van der Waals surface area contributed by atoms with Crippen molar-refractivity contribution in [3.05, 3.63) is 38.3 Å². The minimum atomic E-state index is -0.391. The SMILES string of the molecule is CCNC1CCC(OCc2ccc([N+](=O)[O-])cc2Br)CC1. The third-order valence-electron chi connectivity index (χ3n) is 3.89. The molecule has 0 saturated heterocycles. The van der Waals surface area contributed by atoms with E-state index < -0.39 is 4.92 Å². The van der Waals surface area contributed by atoms with Crippen LogP contribution in [-0.4, -0.2) is 23.6 Å². The van der Waals surface area contributed by atoms with Crippen LogP contribution >= 0.6 is 15.9 Å². The first-order valence-electron chi connectivity index (χ1n) is 7.38. The summed E-state index contributed by atoms with van der Waals surface area (Å²) in [6, 6.07) is 5.43. The van der Waals surface area contributed by atoms with E-state index in [1.807, 2.05) is 0 Å². The van der Waals surface area contributed by atoms with E-state index in [2.05, 4.69) is 28.2 Å². The Kier molecular flexibility index (Phi) is 6.14. The molecule has 0 aliphatic heterocycles. The first-order chi connectivity index (χ1) is 10.1. The summed E-state index contributed by atoms with van der Waals surface area (Å²) in [5.41, 5.74) is 1.05. The summed E-state index contributed by atoms with van der Waals surface area (Å²) in [6.07, 6.45) is 4.74. The van der Waals surface area contributed by atoms with Crippen LogP contribution in [-0.2, 0) is 11.3 Å². The molecule has 1 N–H and O–H groups in total. The number of nitro groups is 1. The second-order valence-electron chi connectivity index (χ2n) is 5.38. The Morgan fingerprint density at radius 2 is 2.10 bits per heavy atom. The topological polar surface area (TPSA) is 64.4 Å². The number of non-ortho nitro benzene ring substituents is 1. The zero-order valence-electron chi connectivity index (χ0n) is 12.2. The van der Waals surface area contributed by atoms with Gasteiger partial charge in [-0.2, -0.15) is 0 Å². The molecular weight excluding hydrogens is 336 g/mol. The molecule has 0 amide bonds. The number of nitrogens with zero attached hydrogens (tertiary/aromatic N) is 1. The molecule has 2 rings (SSSR count). The molecule has 0 spiro atoms. The molecule has 1 aliphatic carbocycles. The van der Waals surface area contributed by atoms with Gasteiger partial charge in [0.15, 0.2) is 0 Å². The molecule has 0 unspecified atom stereocenters. The molecule has 1 aliphatic rings. The molecule has 0 radical (unpaired) electrons. The highest BCUT2D eigenvalue weighted by Gasteiger charge is 2.21. The second kappa shape index (κ2) is 7.87. The molecule has 1 fully saturated rings. The van der Waals surface area contributed by atoms with Crippen LogP contribution in [0.3, 0.4) is 0 Å². The molecule has 5 nitrogen and oxygen atoms in total. The molecule has 1 saturated carbocycles. The van der Waals surface area contributed by atoms with Crippen LogP contribution in [0.4, 0.5) is 5.69 Å². The minimum absolute atomic E-state index is 0.0942. The number of hydrogen-bond donors (Lipinski definition) is 1. The van der Waals surface area contributed by atoms with E-state index in [4.69, 9.17) is 4.74 Å². The third-order valence-corrected chi connectivity index (χ3v) is 4.63. The predicted molar refractivity (Wildman–Crippen MR) is 85.3 cm³/mol. The van der Waals surface area contributed by atoms with Crippen molar-refractivity contribution < 1.29 is 9.66 Å². The monoisotopic (exact) mass is 356 g/mol. The zero-order chi connectivity index (χ0) is 15.2. The van der Waals surface area contributed by atoms with Gasteiger partial charge in [-0.15, -0.1) is 0 Å². The van der Waals surface area contributed by atoms with E-state index in [-0.39, 0.29) is 5.69 Å². The Hall–Kier alpha value is -0.980. The Morgan fingerprint density at radius 1 is 1.38 bits per heavy atom. The van der Waals surface area contributed by atoms with Gasteiger partial charge < -0.3 is 10.1 Å². The fourth-order valence-corrected chi connectivity index (χ4v) is 3.18. The van der Waals surface area contributed by atoms with Crippen molar-refractivity contribution in [2.24, 2.45) is 0 Å². The fraction of sp³-hybridized carbons (Fsp3) is 0.600. The van der Waals surface area contributed by atoms with E-state index in [9.17, 15) is 10.1 Å². The van der Waals surface area contributed by atoms with Gasteiger partial charge >= 0.3 is 0 Å². The summed E-state index contributed by atoms with van der Waals surface area (Å²) in [7, 11) is 0. The van der Waals surface area contributed by atoms with Crippen LogP contribution in [0.15, 0.2) is 22.7 Å². The standard InChI is InChI=1S/C15H21BrN2O3/c1-2-17-12-4-7-14(8-5-12)21-10-11-3-6-13(18(19)20)9-15(11)16/h3,6,9,12,14,17H,2,4-5,7-8,10H2,1H3. The molecule has 1 aromatic carbocycles. The lowest BCUT2D eigenvalue weighted by molar-refractivity contribution is -0.384. The number of nitro benzene ring substituents is 1. The Labute approximate surface area is 133 Å². The van der Waals surface area contributed by atoms with Gasteiger partial charge in [0.1, 0.15) is 0 Å². The lowest BCUT2D eigenvalue weighted by Crippen LogP contribution is -2.35. The van der Waals surface area contributed by atoms with Gasteiger partial charge in [-0.25, -0.2) is 0 Å². The Morgan fingerprint density at radius 3 is 2.67 bits per heavy atom. The number of ether oxygens (including phenoxy) is 1. The van der Waals surface area contributed by atoms with Crippen molar-refractivity contribution >= 4 is 21.6 Å². The quantitative estimate of drug-likeness (QED) is 0.621. The summed E-state index contributed by atoms with van der Waals surface area (Å²) in [5, 5.41) is 14.2. The van der Waals surface area contributed by atoms with Gasteiger partial charge in [0.25, 0.3) is 5.69 Å². The summed E-state index contributed by atoms with van der Waals surface area (Å²) in [6.45, 7) is 3.65. The highest BCUT2D eigenvalue weighted by Crippen LogP contribution is 2.26. The van der Waals surface area contributed by atoms with Crippen LogP contribution in [0.1, 0.15) is 38.2 Å². The van der Waals surface area contributed by atoms with E-state index >= 15 is 0 Å². The normalized spacial score (nSPS) is 22.2. The van der Waals surface area contributed by atoms with Crippen LogP contribution in [0.5, 0.6) is 0 Å². The molecular formula is C15H21BrN2O3. The van der Waals surface area contributed by atoms with E-state index in [0.717, 1.165) is 42.3 Å². The number of hydrogen-bond acceptors (Lipinski definition) is 4. The lowest BCUT2D eigenvalue weighted by atomic mass is 9.93. The molecule has 0 atom stereocenters. The van der Waals surface area contributed by atoms with Gasteiger partial charge in [0.05, 0.1) is 17.6 Å². The maximum absolute atomic E-state index is 10.7. The number of benzene rings is 1. The molecule has 21 heavy (non-hydrogen) atoms. The lowest BCUT2D eigenvalue weighted by Gasteiger charge is -2.29. The Balaban J connectivity index is 1.82. The number of rotatable bonds is 6. The van der Waals surface area contributed by atoms with Crippen LogP contribution < -0.4 is 5.32 Å². The van der Waals surface area contributed by atoms with Gasteiger partial charge in [0, 0.05) is 22.6 Å². The first kappa shape index (κ1) is 16.4. The van der Waals surface area contributed by atoms with E-state index in [1.54, 1.807) is 6.07 Å². The average Bonchev–Trinajstić information content (AvgIpc) is 2.47. The van der Waals surface area contributed by atoms with Crippen LogP contribution in [0.2, 0.25) is 0 Å². The third kappa shape index (κ3) is 4.76. The number of halogens is 1. The maximum atomic E-state index is 10.7. The zero-order valence-corrected chi connectivity index (χ0v) is 13.8. The summed E-state index contributed by atoms with van der Waals surface area (Å²) in [4.78, 5) is 10.3. The van der Waals surface area contributed by atoms with Crippen LogP contribution in [0.25, 0.3) is 0 Å². The van der Waals surface area contributed by atoms with Gasteiger partial charge in [0.2, 0.25) is 0 Å². The van der Waals surface area contributed by atoms with Crippen molar-refractivity contribution in [2.75, 3.05) is 6.54 Å². The van der Waals surface area contributed by atoms with Crippen LogP contribution in [0, 0.1) is 10.1 Å². The maximum Gasteiger partial charge on any atom is 0.270 e. The largest absolute Gasteiger partial charge is 0.374 e. The fourth-order valence-electron chi connectivity index (χ4n) is 2.70. The van der Waals surface area contributed by atoms with Gasteiger partial charge in [-0.05, 0) is 43.9 Å². The minimum Gasteiger partial charge on any atom is -0.374 e. The molecule has 1 aromatic rings. The van der Waals surface area contributed by atoms with Crippen molar-refractivity contribution in [1.29, 1.82) is 0 Å². The van der Waals surface area contributed by atoms with Crippen molar-refractivity contribution in [3.8, 4) is 0 Å². The summed E-state index contributed by atoms with van der Waals surface area (Å²) >= 11 is 3.38. The predicted octanol–water partition coefficient (Wildman–Crippen LogP) is 3.79. The van der Waals surface area contributed by atoms with E-state index in [0.29, 0.717) is 18.8 Å². The molecule has 116 valence electrons. The van der Waals surface area contributed by atoms with E-state index in [1.165, 1.54) is 12.1 Å². The summed E-state index contributed by atoms with van der Waals surface area (Å²) in [5.74, 6) is 0. The average molecular weight is 357 g/mol. The second-order valence-corrected chi connectivity index (χ2v) is 6.23. The number of nitrogens with one attached hydrogen (secondary N) is 1. The van der Waals surface area contributed by atoms with Crippen molar-refractivity contribution in [2.45, 2.75) is 51.4 Å². The summed E-state index contributed by atoms with van der Waals surface area (Å²) < 4.78 is 6.68.